The van der Waals surface area contributed by atoms with Gasteiger partial charge in [-0.25, -0.2) is 9.97 Å². The van der Waals surface area contributed by atoms with Gasteiger partial charge in [-0.15, -0.1) is 5.10 Å². The van der Waals surface area contributed by atoms with Crippen LogP contribution < -0.4 is 10.3 Å². The van der Waals surface area contributed by atoms with Crippen LogP contribution in [0.4, 0.5) is 0 Å². The van der Waals surface area contributed by atoms with Gasteiger partial charge in [-0.2, -0.15) is 9.50 Å². The number of aromatic nitrogens is 7. The Balaban J connectivity index is 1.54. The molecule has 0 unspecified atom stereocenters. The second kappa shape index (κ2) is 6.86. The lowest BCUT2D eigenvalue weighted by Gasteiger charge is -2.06. The molecule has 5 rings (SSSR count). The van der Waals surface area contributed by atoms with Crippen LogP contribution in [0.5, 0.6) is 5.75 Å². The molecule has 0 saturated carbocycles. The Morgan fingerprint density at radius 3 is 2.76 bits per heavy atom. The van der Waals surface area contributed by atoms with Crippen LogP contribution >= 0.6 is 0 Å². The lowest BCUT2D eigenvalue weighted by atomic mass is 10.2. The molecule has 0 amide bonds. The Morgan fingerprint density at radius 2 is 2.00 bits per heavy atom. The van der Waals surface area contributed by atoms with E-state index in [9.17, 15) is 4.79 Å². The minimum absolute atomic E-state index is 0.113. The third kappa shape index (κ3) is 3.02. The van der Waals surface area contributed by atoms with Gasteiger partial charge >= 0.3 is 0 Å². The van der Waals surface area contributed by atoms with Gasteiger partial charge in [-0.1, -0.05) is 0 Å². The summed E-state index contributed by atoms with van der Waals surface area (Å²) in [7, 11) is 1.62. The predicted octanol–water partition coefficient (Wildman–Crippen LogP) is 2.08. The van der Waals surface area contributed by atoms with Crippen molar-refractivity contribution in [2.75, 3.05) is 7.11 Å². The van der Waals surface area contributed by atoms with Gasteiger partial charge in [0.05, 0.1) is 24.3 Å². The third-order valence-corrected chi connectivity index (χ3v) is 4.83. The van der Waals surface area contributed by atoms with Crippen molar-refractivity contribution in [1.82, 2.24) is 34.1 Å². The zero-order valence-electron chi connectivity index (χ0n) is 15.6. The number of hydrogen-bond acceptors (Lipinski definition) is 6. The minimum Gasteiger partial charge on any atom is -0.497 e. The smallest absolute Gasteiger partial charge is 0.261 e. The number of nitrogens with one attached hydrogen (secondary N) is 1. The third-order valence-electron chi connectivity index (χ3n) is 4.83. The standard InChI is InChI=1S/C20H17N7O2/c1-29-15-4-2-13(3-5-15)18-24-20-22-11-16-17(27(20)25-18)7-9-26(19(16)28)8-6-14-10-21-12-23-14/h2-5,7,9-12H,6,8H2,1H3,(H,21,23). The van der Waals surface area contributed by atoms with Gasteiger partial charge in [0.1, 0.15) is 5.75 Å². The molecule has 0 aliphatic heterocycles. The van der Waals surface area contributed by atoms with E-state index < -0.39 is 0 Å². The Labute approximate surface area is 164 Å². The van der Waals surface area contributed by atoms with Gasteiger partial charge in [0.2, 0.25) is 0 Å². The molecular weight excluding hydrogens is 370 g/mol. The number of fused-ring (bicyclic) bond motifs is 3. The number of pyridine rings is 1. The topological polar surface area (TPSA) is 103 Å². The first-order valence-electron chi connectivity index (χ1n) is 9.09. The van der Waals surface area contributed by atoms with Gasteiger partial charge < -0.3 is 14.3 Å². The quantitative estimate of drug-likeness (QED) is 0.495. The molecule has 0 fully saturated rings. The zero-order chi connectivity index (χ0) is 19.8. The maximum absolute atomic E-state index is 12.9. The van der Waals surface area contributed by atoms with Gasteiger partial charge in [-0.05, 0) is 30.3 Å². The summed E-state index contributed by atoms with van der Waals surface area (Å²) in [6.07, 6.45) is 7.41. The number of aromatic amines is 1. The second-order valence-corrected chi connectivity index (χ2v) is 6.57. The van der Waals surface area contributed by atoms with E-state index in [-0.39, 0.29) is 5.56 Å². The second-order valence-electron chi connectivity index (χ2n) is 6.57. The maximum atomic E-state index is 12.9. The van der Waals surface area contributed by atoms with E-state index >= 15 is 0 Å². The number of benzene rings is 1. The van der Waals surface area contributed by atoms with Crippen LogP contribution in [-0.4, -0.2) is 41.2 Å². The van der Waals surface area contributed by atoms with Gasteiger partial charge in [0, 0.05) is 42.8 Å². The van der Waals surface area contributed by atoms with Gasteiger partial charge in [0.15, 0.2) is 5.82 Å². The van der Waals surface area contributed by atoms with Crippen molar-refractivity contribution in [1.29, 1.82) is 0 Å². The summed E-state index contributed by atoms with van der Waals surface area (Å²) in [4.78, 5) is 28.8. The summed E-state index contributed by atoms with van der Waals surface area (Å²) in [5, 5.41) is 5.06. The van der Waals surface area contributed by atoms with E-state index in [1.54, 1.807) is 41.1 Å². The van der Waals surface area contributed by atoms with E-state index in [2.05, 4.69) is 25.0 Å². The molecule has 9 heteroatoms. The number of ether oxygens (including phenoxy) is 1. The van der Waals surface area contributed by atoms with Crippen molar-refractivity contribution in [3.8, 4) is 17.1 Å². The van der Waals surface area contributed by atoms with Crippen LogP contribution in [0.1, 0.15) is 5.69 Å². The molecule has 0 atom stereocenters. The van der Waals surface area contributed by atoms with Gasteiger partial charge in [0.25, 0.3) is 11.3 Å². The van der Waals surface area contributed by atoms with E-state index in [0.29, 0.717) is 35.5 Å². The summed E-state index contributed by atoms with van der Waals surface area (Å²) in [5.41, 5.74) is 2.38. The number of hydrogen-bond donors (Lipinski definition) is 1. The van der Waals surface area contributed by atoms with E-state index in [1.807, 2.05) is 30.3 Å². The largest absolute Gasteiger partial charge is 0.497 e. The van der Waals surface area contributed by atoms with Crippen LogP contribution in [0, 0.1) is 0 Å². The van der Waals surface area contributed by atoms with E-state index in [4.69, 9.17) is 4.74 Å². The molecule has 9 nitrogen and oxygen atoms in total. The molecule has 0 aliphatic carbocycles. The average Bonchev–Trinajstić information content (AvgIpc) is 3.43. The van der Waals surface area contributed by atoms with Crippen LogP contribution in [0.2, 0.25) is 0 Å². The average molecular weight is 387 g/mol. The highest BCUT2D eigenvalue weighted by molar-refractivity contribution is 5.79. The molecule has 5 aromatic rings. The highest BCUT2D eigenvalue weighted by Crippen LogP contribution is 2.21. The summed E-state index contributed by atoms with van der Waals surface area (Å²) in [5.74, 6) is 1.74. The molecule has 4 heterocycles. The fourth-order valence-electron chi connectivity index (χ4n) is 3.26. The Kier molecular flexibility index (Phi) is 4.05. The maximum Gasteiger partial charge on any atom is 0.261 e. The molecule has 0 aliphatic rings. The first-order chi connectivity index (χ1) is 14.2. The molecule has 144 valence electrons. The lowest BCUT2D eigenvalue weighted by molar-refractivity contribution is 0.415. The predicted molar refractivity (Wildman–Crippen MR) is 107 cm³/mol. The van der Waals surface area contributed by atoms with Crippen LogP contribution in [0.25, 0.3) is 28.1 Å². The number of imidazole rings is 1. The van der Waals surface area contributed by atoms with Crippen molar-refractivity contribution >= 4 is 16.7 Å². The molecule has 1 N–H and O–H groups in total. The summed E-state index contributed by atoms with van der Waals surface area (Å²) < 4.78 is 8.46. The Morgan fingerprint density at radius 1 is 1.14 bits per heavy atom. The highest BCUT2D eigenvalue weighted by atomic mass is 16.5. The van der Waals surface area contributed by atoms with E-state index in [0.717, 1.165) is 17.0 Å². The van der Waals surface area contributed by atoms with Crippen molar-refractivity contribution in [2.45, 2.75) is 13.0 Å². The number of methoxy groups -OCH3 is 1. The fourth-order valence-corrected chi connectivity index (χ4v) is 3.26. The number of H-pyrrole nitrogens is 1. The van der Waals surface area contributed by atoms with E-state index in [1.165, 1.54) is 0 Å². The fraction of sp³-hybridized carbons (Fsp3) is 0.150. The van der Waals surface area contributed by atoms with Crippen LogP contribution in [-0.2, 0) is 13.0 Å². The summed E-state index contributed by atoms with van der Waals surface area (Å²) in [6, 6.07) is 9.34. The molecular formula is C20H17N7O2. The lowest BCUT2D eigenvalue weighted by Crippen LogP contribution is -2.21. The molecule has 4 aromatic heterocycles. The first-order valence-corrected chi connectivity index (χ1v) is 9.09. The van der Waals surface area contributed by atoms with Gasteiger partial charge in [-0.3, -0.25) is 4.79 Å². The Bertz CT molecular complexity index is 1350. The van der Waals surface area contributed by atoms with Crippen molar-refractivity contribution in [2.24, 2.45) is 0 Å². The normalized spacial score (nSPS) is 11.3. The van der Waals surface area contributed by atoms with Crippen LogP contribution in [0.15, 0.2) is 60.0 Å². The van der Waals surface area contributed by atoms with Crippen molar-refractivity contribution < 1.29 is 4.74 Å². The number of rotatable bonds is 5. The number of aryl methyl sites for hydroxylation is 2. The summed E-state index contributed by atoms with van der Waals surface area (Å²) >= 11 is 0. The molecule has 29 heavy (non-hydrogen) atoms. The summed E-state index contributed by atoms with van der Waals surface area (Å²) in [6.45, 7) is 0.545. The number of nitrogens with zero attached hydrogens (tertiary/aromatic N) is 6. The zero-order valence-corrected chi connectivity index (χ0v) is 15.6. The SMILES string of the molecule is COc1ccc(-c2nc3ncc4c(=O)n(CCc5cnc[nH]5)ccc4n3n2)cc1. The first kappa shape index (κ1) is 17.1. The van der Waals surface area contributed by atoms with Crippen LogP contribution in [0.3, 0.4) is 0 Å². The molecule has 1 aromatic carbocycles. The monoisotopic (exact) mass is 387 g/mol. The van der Waals surface area contributed by atoms with Crippen molar-refractivity contribution in [3.63, 3.8) is 0 Å². The van der Waals surface area contributed by atoms with Crippen molar-refractivity contribution in [3.05, 3.63) is 71.3 Å². The minimum atomic E-state index is -0.113. The molecule has 0 bridgehead atoms. The molecule has 0 radical (unpaired) electrons. The molecule has 0 spiro atoms. The molecule has 0 saturated heterocycles. The highest BCUT2D eigenvalue weighted by Gasteiger charge is 2.13. The Hall–Kier alpha value is -4.01.